The van der Waals surface area contributed by atoms with E-state index in [1.54, 1.807) is 4.90 Å². The molecule has 2 rings (SSSR count). The van der Waals surface area contributed by atoms with Gasteiger partial charge in [0.15, 0.2) is 6.10 Å². The van der Waals surface area contributed by atoms with Gasteiger partial charge in [0.25, 0.3) is 5.91 Å². The molecule has 0 aromatic heterocycles. The lowest BCUT2D eigenvalue weighted by molar-refractivity contribution is -0.145. The van der Waals surface area contributed by atoms with Crippen LogP contribution < -0.4 is 5.32 Å². The number of carbonyl (C=O) groups excluding carboxylic acids is 2. The first kappa shape index (κ1) is 17.1. The zero-order valence-electron chi connectivity index (χ0n) is 13.5. The summed E-state index contributed by atoms with van der Waals surface area (Å²) in [4.78, 5) is 26.2. The van der Waals surface area contributed by atoms with Crippen LogP contribution in [0.2, 0.25) is 0 Å². The van der Waals surface area contributed by atoms with E-state index in [0.717, 1.165) is 12.8 Å². The molecule has 22 heavy (non-hydrogen) atoms. The van der Waals surface area contributed by atoms with Gasteiger partial charge in [-0.25, -0.2) is 4.79 Å². The van der Waals surface area contributed by atoms with Crippen LogP contribution in [0.15, 0.2) is 0 Å². The van der Waals surface area contributed by atoms with E-state index in [4.69, 9.17) is 9.47 Å². The van der Waals surface area contributed by atoms with Crippen molar-refractivity contribution >= 4 is 12.0 Å². The minimum Gasteiger partial charge on any atom is -0.436 e. The number of hydrogen-bond acceptors (Lipinski definition) is 4. The number of alkyl carbamates (subject to hydrolysis) is 1. The van der Waals surface area contributed by atoms with Crippen molar-refractivity contribution in [2.75, 3.05) is 32.8 Å². The van der Waals surface area contributed by atoms with Gasteiger partial charge >= 0.3 is 6.09 Å². The Bertz CT molecular complexity index is 363. The molecule has 1 atom stereocenters. The molecule has 0 aromatic carbocycles. The Morgan fingerprint density at radius 1 is 1.23 bits per heavy atom. The molecule has 6 nitrogen and oxygen atoms in total. The zero-order chi connectivity index (χ0) is 15.8. The molecule has 0 spiro atoms. The smallest absolute Gasteiger partial charge is 0.407 e. The highest BCUT2D eigenvalue weighted by atomic mass is 16.6. The van der Waals surface area contributed by atoms with Crippen LogP contribution in [0.1, 0.15) is 45.4 Å². The third kappa shape index (κ3) is 5.16. The van der Waals surface area contributed by atoms with Crippen LogP contribution in [0.5, 0.6) is 0 Å². The third-order valence-corrected chi connectivity index (χ3v) is 4.44. The van der Waals surface area contributed by atoms with Gasteiger partial charge in [-0.2, -0.15) is 0 Å². The van der Waals surface area contributed by atoms with Crippen molar-refractivity contribution in [2.45, 2.75) is 51.6 Å². The lowest BCUT2D eigenvalue weighted by Crippen LogP contribution is -2.48. The Kier molecular flexibility index (Phi) is 6.96. The molecule has 1 N–H and O–H groups in total. The maximum absolute atomic E-state index is 12.7. The van der Waals surface area contributed by atoms with E-state index in [9.17, 15) is 9.59 Å². The van der Waals surface area contributed by atoms with Gasteiger partial charge in [0.2, 0.25) is 0 Å². The Morgan fingerprint density at radius 2 is 1.91 bits per heavy atom. The molecular weight excluding hydrogens is 284 g/mol. The van der Waals surface area contributed by atoms with E-state index in [2.05, 4.69) is 5.32 Å². The quantitative estimate of drug-likeness (QED) is 0.842. The number of nitrogens with zero attached hydrogens (tertiary/aromatic N) is 1. The predicted octanol–water partition coefficient (Wildman–Crippen LogP) is 1.93. The molecule has 1 heterocycles. The minimum absolute atomic E-state index is 0.0693. The van der Waals surface area contributed by atoms with Crippen molar-refractivity contribution in [1.29, 1.82) is 0 Å². The fourth-order valence-corrected chi connectivity index (χ4v) is 3.23. The largest absolute Gasteiger partial charge is 0.436 e. The molecule has 2 amide bonds. The third-order valence-electron chi connectivity index (χ3n) is 4.44. The number of rotatable bonds is 5. The van der Waals surface area contributed by atoms with Gasteiger partial charge < -0.3 is 19.7 Å². The van der Waals surface area contributed by atoms with E-state index in [-0.39, 0.29) is 5.91 Å². The van der Waals surface area contributed by atoms with Crippen LogP contribution in [0.3, 0.4) is 0 Å². The molecule has 1 saturated carbocycles. The van der Waals surface area contributed by atoms with Gasteiger partial charge in [0, 0.05) is 19.6 Å². The summed E-state index contributed by atoms with van der Waals surface area (Å²) >= 11 is 0. The topological polar surface area (TPSA) is 67.9 Å². The molecule has 2 aliphatic rings. The summed E-state index contributed by atoms with van der Waals surface area (Å²) in [5, 5.41) is 2.61. The summed E-state index contributed by atoms with van der Waals surface area (Å²) < 4.78 is 10.7. The Morgan fingerprint density at radius 3 is 2.55 bits per heavy atom. The second-order valence-corrected chi connectivity index (χ2v) is 6.10. The molecule has 1 aliphatic heterocycles. The standard InChI is InChI=1S/C16H28N2O4/c1-2-17-16(20)22-14(12-13-6-4-3-5-7-13)15(19)18-8-10-21-11-9-18/h13-14H,2-12H2,1H3,(H,17,20)/t14-/m1/s1. The fraction of sp³-hybridized carbons (Fsp3) is 0.875. The van der Waals surface area contributed by atoms with Crippen LogP contribution in [-0.2, 0) is 14.3 Å². The van der Waals surface area contributed by atoms with Crippen molar-refractivity contribution in [2.24, 2.45) is 5.92 Å². The minimum atomic E-state index is -0.659. The summed E-state index contributed by atoms with van der Waals surface area (Å²) in [6.07, 6.45) is 5.45. The number of carbonyl (C=O) groups is 2. The van der Waals surface area contributed by atoms with Crippen molar-refractivity contribution in [3.8, 4) is 0 Å². The second-order valence-electron chi connectivity index (χ2n) is 6.10. The maximum atomic E-state index is 12.7. The van der Waals surface area contributed by atoms with E-state index in [1.165, 1.54) is 19.3 Å². The van der Waals surface area contributed by atoms with Crippen molar-refractivity contribution in [3.05, 3.63) is 0 Å². The fourth-order valence-electron chi connectivity index (χ4n) is 3.23. The first-order chi connectivity index (χ1) is 10.7. The van der Waals surface area contributed by atoms with Crippen LogP contribution in [-0.4, -0.2) is 55.9 Å². The first-order valence-corrected chi connectivity index (χ1v) is 8.51. The molecule has 6 heteroatoms. The molecule has 126 valence electrons. The van der Waals surface area contributed by atoms with Gasteiger partial charge in [-0.15, -0.1) is 0 Å². The Hall–Kier alpha value is -1.30. The summed E-state index contributed by atoms with van der Waals surface area (Å²) in [5.41, 5.74) is 0. The lowest BCUT2D eigenvalue weighted by Gasteiger charge is -2.32. The zero-order valence-corrected chi connectivity index (χ0v) is 13.5. The van der Waals surface area contributed by atoms with Crippen LogP contribution in [0.25, 0.3) is 0 Å². The molecule has 0 bridgehead atoms. The summed E-state index contributed by atoms with van der Waals surface area (Å²) in [7, 11) is 0. The Balaban J connectivity index is 1.95. The summed E-state index contributed by atoms with van der Waals surface area (Å²) in [5.74, 6) is 0.415. The highest BCUT2D eigenvalue weighted by molar-refractivity contribution is 5.83. The van der Waals surface area contributed by atoms with E-state index in [0.29, 0.717) is 45.2 Å². The lowest BCUT2D eigenvalue weighted by atomic mass is 9.85. The molecule has 0 radical (unpaired) electrons. The predicted molar refractivity (Wildman–Crippen MR) is 82.5 cm³/mol. The van der Waals surface area contributed by atoms with Gasteiger partial charge in [-0.1, -0.05) is 32.1 Å². The van der Waals surface area contributed by atoms with Crippen LogP contribution in [0, 0.1) is 5.92 Å². The molecule has 2 fully saturated rings. The molecule has 1 saturated heterocycles. The normalized spacial score (nSPS) is 21.2. The monoisotopic (exact) mass is 312 g/mol. The molecule has 0 aromatic rings. The number of amides is 2. The molecule has 1 aliphatic carbocycles. The van der Waals surface area contributed by atoms with Gasteiger partial charge in [-0.3, -0.25) is 4.79 Å². The van der Waals surface area contributed by atoms with E-state index >= 15 is 0 Å². The van der Waals surface area contributed by atoms with Gasteiger partial charge in [0.1, 0.15) is 0 Å². The average Bonchev–Trinajstić information content (AvgIpc) is 2.55. The average molecular weight is 312 g/mol. The highest BCUT2D eigenvalue weighted by Gasteiger charge is 2.31. The maximum Gasteiger partial charge on any atom is 0.407 e. The number of morpholine rings is 1. The SMILES string of the molecule is CCNC(=O)O[C@H](CC1CCCCC1)C(=O)N1CCOCC1. The second kappa shape index (κ2) is 8.98. The first-order valence-electron chi connectivity index (χ1n) is 8.51. The molecule has 0 unspecified atom stereocenters. The number of nitrogens with one attached hydrogen (secondary N) is 1. The molecular formula is C16H28N2O4. The summed E-state index contributed by atoms with van der Waals surface area (Å²) in [6.45, 7) is 4.62. The van der Waals surface area contributed by atoms with Gasteiger partial charge in [-0.05, 0) is 19.3 Å². The van der Waals surface area contributed by atoms with Crippen LogP contribution >= 0.6 is 0 Å². The highest BCUT2D eigenvalue weighted by Crippen LogP contribution is 2.28. The van der Waals surface area contributed by atoms with Crippen LogP contribution in [0.4, 0.5) is 4.79 Å². The van der Waals surface area contributed by atoms with Crippen molar-refractivity contribution in [3.63, 3.8) is 0 Å². The number of hydrogen-bond donors (Lipinski definition) is 1. The number of ether oxygens (including phenoxy) is 2. The van der Waals surface area contributed by atoms with Crippen molar-refractivity contribution < 1.29 is 19.1 Å². The van der Waals surface area contributed by atoms with E-state index in [1.807, 2.05) is 6.92 Å². The van der Waals surface area contributed by atoms with Gasteiger partial charge in [0.05, 0.1) is 13.2 Å². The summed E-state index contributed by atoms with van der Waals surface area (Å²) in [6, 6.07) is 0. The van der Waals surface area contributed by atoms with Crippen molar-refractivity contribution in [1.82, 2.24) is 10.2 Å². The Labute approximate surface area is 132 Å². The van der Waals surface area contributed by atoms with E-state index < -0.39 is 12.2 Å².